The highest BCUT2D eigenvalue weighted by Crippen LogP contribution is 2.32. The third kappa shape index (κ3) is 3.26. The Balaban J connectivity index is 2.34. The molecule has 0 atom stereocenters. The fourth-order valence-electron chi connectivity index (χ4n) is 1.59. The maximum absolute atomic E-state index is 13.2. The number of ether oxygens (including phenoxy) is 1. The maximum Gasteiger partial charge on any atom is 0.124 e. The molecule has 0 fully saturated rings. The Labute approximate surface area is 115 Å². The van der Waals surface area contributed by atoms with Crippen LogP contribution in [-0.4, -0.2) is 12.9 Å². The number of amidine groups is 1. The molecular weight excluding hydrogens is 263 g/mol. The Kier molecular flexibility index (Phi) is 4.06. The summed E-state index contributed by atoms with van der Waals surface area (Å²) < 4.78 is 18.3. The van der Waals surface area contributed by atoms with Gasteiger partial charge in [-0.2, -0.15) is 0 Å². The van der Waals surface area contributed by atoms with Gasteiger partial charge < -0.3 is 10.5 Å². The van der Waals surface area contributed by atoms with Crippen molar-refractivity contribution in [3.8, 4) is 5.75 Å². The molecule has 0 heterocycles. The standard InChI is InChI=1S/C14H13FN2OS/c1-18-10-3-2-4-11(8-10)19-13-6-5-9(15)7-12(13)14(16)17/h2-8H,1H3,(H3,16,17). The minimum atomic E-state index is -0.403. The van der Waals surface area contributed by atoms with E-state index in [4.69, 9.17) is 15.9 Å². The predicted octanol–water partition coefficient (Wildman–Crippen LogP) is 3.27. The summed E-state index contributed by atoms with van der Waals surface area (Å²) in [4.78, 5) is 1.68. The van der Waals surface area contributed by atoms with Crippen LogP contribution in [0.2, 0.25) is 0 Å². The van der Waals surface area contributed by atoms with E-state index in [0.29, 0.717) is 5.56 Å². The van der Waals surface area contributed by atoms with E-state index in [9.17, 15) is 4.39 Å². The second-order valence-electron chi connectivity index (χ2n) is 3.84. The Bertz CT molecular complexity index is 616. The van der Waals surface area contributed by atoms with E-state index in [0.717, 1.165) is 15.5 Å². The first-order chi connectivity index (χ1) is 9.10. The van der Waals surface area contributed by atoms with Crippen LogP contribution in [0.1, 0.15) is 5.56 Å². The molecule has 0 saturated carbocycles. The smallest absolute Gasteiger partial charge is 0.124 e. The summed E-state index contributed by atoms with van der Waals surface area (Å²) in [6.45, 7) is 0. The third-order valence-electron chi connectivity index (χ3n) is 2.50. The summed E-state index contributed by atoms with van der Waals surface area (Å²) in [6.07, 6.45) is 0. The highest BCUT2D eigenvalue weighted by molar-refractivity contribution is 7.99. The first-order valence-electron chi connectivity index (χ1n) is 5.56. The first kappa shape index (κ1) is 13.4. The molecule has 0 saturated heterocycles. The van der Waals surface area contributed by atoms with Crippen molar-refractivity contribution in [3.63, 3.8) is 0 Å². The van der Waals surface area contributed by atoms with Crippen molar-refractivity contribution < 1.29 is 9.13 Å². The normalized spacial score (nSPS) is 10.2. The number of nitrogens with one attached hydrogen (secondary N) is 1. The van der Waals surface area contributed by atoms with Gasteiger partial charge in [-0.15, -0.1) is 0 Å². The second kappa shape index (κ2) is 5.75. The van der Waals surface area contributed by atoms with E-state index in [1.807, 2.05) is 24.3 Å². The molecule has 5 heteroatoms. The highest BCUT2D eigenvalue weighted by Gasteiger charge is 2.09. The molecule has 3 nitrogen and oxygen atoms in total. The van der Waals surface area contributed by atoms with Gasteiger partial charge in [0.15, 0.2) is 0 Å². The molecule has 0 radical (unpaired) electrons. The van der Waals surface area contributed by atoms with Crippen LogP contribution in [0.4, 0.5) is 4.39 Å². The van der Waals surface area contributed by atoms with Crippen LogP contribution >= 0.6 is 11.8 Å². The largest absolute Gasteiger partial charge is 0.497 e. The Hall–Kier alpha value is -2.01. The summed E-state index contributed by atoms with van der Waals surface area (Å²) >= 11 is 1.41. The van der Waals surface area contributed by atoms with E-state index >= 15 is 0 Å². The van der Waals surface area contributed by atoms with Crippen LogP contribution in [0.25, 0.3) is 0 Å². The van der Waals surface area contributed by atoms with Crippen LogP contribution in [0, 0.1) is 11.2 Å². The molecule has 0 aliphatic carbocycles. The van der Waals surface area contributed by atoms with Crippen LogP contribution < -0.4 is 10.5 Å². The van der Waals surface area contributed by atoms with E-state index in [-0.39, 0.29) is 5.84 Å². The molecule has 98 valence electrons. The van der Waals surface area contributed by atoms with Crippen molar-refractivity contribution in [1.29, 1.82) is 5.41 Å². The Morgan fingerprint density at radius 3 is 2.74 bits per heavy atom. The van der Waals surface area contributed by atoms with Gasteiger partial charge in [-0.3, -0.25) is 5.41 Å². The van der Waals surface area contributed by atoms with Gasteiger partial charge in [-0.1, -0.05) is 17.8 Å². The molecule has 2 aromatic carbocycles. The average Bonchev–Trinajstić information content (AvgIpc) is 2.41. The molecule has 2 rings (SSSR count). The topological polar surface area (TPSA) is 59.1 Å². The van der Waals surface area contributed by atoms with Gasteiger partial charge in [-0.25, -0.2) is 4.39 Å². The van der Waals surface area contributed by atoms with E-state index < -0.39 is 5.82 Å². The lowest BCUT2D eigenvalue weighted by Crippen LogP contribution is -2.12. The van der Waals surface area contributed by atoms with Crippen molar-refractivity contribution >= 4 is 17.6 Å². The zero-order valence-electron chi connectivity index (χ0n) is 10.3. The summed E-state index contributed by atoms with van der Waals surface area (Å²) in [7, 11) is 1.60. The number of halogens is 1. The van der Waals surface area contributed by atoms with Crippen molar-refractivity contribution in [2.75, 3.05) is 7.11 Å². The second-order valence-corrected chi connectivity index (χ2v) is 4.95. The zero-order valence-corrected chi connectivity index (χ0v) is 11.1. The van der Waals surface area contributed by atoms with Gasteiger partial charge in [-0.05, 0) is 36.4 Å². The summed E-state index contributed by atoms with van der Waals surface area (Å²) in [5, 5.41) is 7.49. The number of methoxy groups -OCH3 is 1. The lowest BCUT2D eigenvalue weighted by molar-refractivity contribution is 0.413. The number of hydrogen-bond acceptors (Lipinski definition) is 3. The van der Waals surface area contributed by atoms with E-state index in [1.54, 1.807) is 13.2 Å². The SMILES string of the molecule is COc1cccc(Sc2ccc(F)cc2C(=N)N)c1. The number of rotatable bonds is 4. The molecule has 3 N–H and O–H groups in total. The molecule has 0 amide bonds. The van der Waals surface area contributed by atoms with Crippen LogP contribution in [0.5, 0.6) is 5.75 Å². The molecule has 0 aromatic heterocycles. The molecule has 0 bridgehead atoms. The minimum absolute atomic E-state index is 0.148. The quantitative estimate of drug-likeness (QED) is 0.665. The van der Waals surface area contributed by atoms with Crippen LogP contribution in [-0.2, 0) is 0 Å². The molecule has 0 aliphatic heterocycles. The van der Waals surface area contributed by atoms with Gasteiger partial charge in [0.25, 0.3) is 0 Å². The lowest BCUT2D eigenvalue weighted by Gasteiger charge is -2.09. The van der Waals surface area contributed by atoms with Crippen LogP contribution in [0.3, 0.4) is 0 Å². The number of nitrogens with two attached hydrogens (primary N) is 1. The summed E-state index contributed by atoms with van der Waals surface area (Å²) in [5.74, 6) is 0.196. The highest BCUT2D eigenvalue weighted by atomic mass is 32.2. The zero-order chi connectivity index (χ0) is 13.8. The van der Waals surface area contributed by atoms with Gasteiger partial charge >= 0.3 is 0 Å². The Morgan fingerprint density at radius 2 is 2.05 bits per heavy atom. The third-order valence-corrected chi connectivity index (χ3v) is 3.57. The Morgan fingerprint density at radius 1 is 1.26 bits per heavy atom. The van der Waals surface area contributed by atoms with Gasteiger partial charge in [0.2, 0.25) is 0 Å². The van der Waals surface area contributed by atoms with Crippen molar-refractivity contribution in [1.82, 2.24) is 0 Å². The maximum atomic E-state index is 13.2. The lowest BCUT2D eigenvalue weighted by atomic mass is 10.2. The van der Waals surface area contributed by atoms with E-state index in [1.165, 1.54) is 23.9 Å². The van der Waals surface area contributed by atoms with Crippen LogP contribution in [0.15, 0.2) is 52.3 Å². The molecule has 2 aromatic rings. The van der Waals surface area contributed by atoms with Gasteiger partial charge in [0.05, 0.1) is 7.11 Å². The average molecular weight is 276 g/mol. The predicted molar refractivity (Wildman–Crippen MR) is 74.5 cm³/mol. The fourth-order valence-corrected chi connectivity index (χ4v) is 2.58. The fraction of sp³-hybridized carbons (Fsp3) is 0.0714. The number of benzene rings is 2. The summed E-state index contributed by atoms with van der Waals surface area (Å²) in [5.41, 5.74) is 5.87. The van der Waals surface area contributed by atoms with Crippen molar-refractivity contribution in [2.45, 2.75) is 9.79 Å². The first-order valence-corrected chi connectivity index (χ1v) is 6.37. The summed E-state index contributed by atoms with van der Waals surface area (Å²) in [6, 6.07) is 11.8. The van der Waals surface area contributed by atoms with Crippen molar-refractivity contribution in [2.24, 2.45) is 5.73 Å². The monoisotopic (exact) mass is 276 g/mol. The van der Waals surface area contributed by atoms with Crippen molar-refractivity contribution in [3.05, 3.63) is 53.8 Å². The molecule has 0 unspecified atom stereocenters. The molecular formula is C14H13FN2OS. The number of nitrogen functional groups attached to an aromatic ring is 1. The van der Waals surface area contributed by atoms with E-state index in [2.05, 4.69) is 0 Å². The van der Waals surface area contributed by atoms with Gasteiger partial charge in [0.1, 0.15) is 17.4 Å². The molecule has 0 spiro atoms. The minimum Gasteiger partial charge on any atom is -0.497 e. The van der Waals surface area contributed by atoms with Gasteiger partial charge in [0, 0.05) is 15.4 Å². The molecule has 0 aliphatic rings. The number of hydrogen-bond donors (Lipinski definition) is 2. The molecule has 19 heavy (non-hydrogen) atoms.